The van der Waals surface area contributed by atoms with E-state index < -0.39 is 0 Å². The summed E-state index contributed by atoms with van der Waals surface area (Å²) >= 11 is 0. The fourth-order valence-corrected chi connectivity index (χ4v) is 1.96. The fraction of sp³-hybridized carbons (Fsp3) is 0.462. The van der Waals surface area contributed by atoms with Gasteiger partial charge < -0.3 is 20.9 Å². The highest BCUT2D eigenvalue weighted by atomic mass is 16.4. The molecule has 5 heteroatoms. The lowest BCUT2D eigenvalue weighted by atomic mass is 10.1. The van der Waals surface area contributed by atoms with Crippen molar-refractivity contribution in [1.82, 2.24) is 0 Å². The third-order valence-electron chi connectivity index (χ3n) is 2.89. The molecule has 1 aromatic rings. The number of hydrogen-bond donors (Lipinski definition) is 3. The van der Waals surface area contributed by atoms with Crippen LogP contribution in [0.5, 0.6) is 0 Å². The van der Waals surface area contributed by atoms with Crippen LogP contribution in [0.3, 0.4) is 0 Å². The summed E-state index contributed by atoms with van der Waals surface area (Å²) in [6.45, 7) is 6.75. The number of oxime groups is 1. The lowest BCUT2D eigenvalue weighted by molar-refractivity contribution is 0.299. The number of aryl methyl sites for hydroxylation is 1. The highest BCUT2D eigenvalue weighted by molar-refractivity contribution is 5.98. The predicted molar refractivity (Wildman–Crippen MR) is 73.3 cm³/mol. The Hall–Kier alpha value is -1.75. The van der Waals surface area contributed by atoms with Crippen LogP contribution < -0.4 is 10.6 Å². The van der Waals surface area contributed by atoms with Crippen LogP contribution in [0.25, 0.3) is 0 Å². The van der Waals surface area contributed by atoms with E-state index in [4.69, 9.17) is 16.0 Å². The van der Waals surface area contributed by atoms with E-state index in [0.29, 0.717) is 18.2 Å². The molecular formula is C13H21N3O2. The van der Waals surface area contributed by atoms with Gasteiger partial charge in [-0.15, -0.1) is 0 Å². The van der Waals surface area contributed by atoms with E-state index in [9.17, 15) is 0 Å². The first kappa shape index (κ1) is 14.3. The Morgan fingerprint density at radius 3 is 2.56 bits per heavy atom. The Bertz CT molecular complexity index is 430. The molecule has 0 fully saturated rings. The second-order valence-electron chi connectivity index (χ2n) is 4.50. The van der Waals surface area contributed by atoms with E-state index >= 15 is 0 Å². The van der Waals surface area contributed by atoms with Crippen molar-refractivity contribution in [1.29, 1.82) is 0 Å². The molecule has 0 atom stereocenters. The number of nitrogens with two attached hydrogens (primary N) is 1. The van der Waals surface area contributed by atoms with Crippen molar-refractivity contribution in [3.63, 3.8) is 0 Å². The molecule has 18 heavy (non-hydrogen) atoms. The molecule has 4 N–H and O–H groups in total. The predicted octanol–water partition coefficient (Wildman–Crippen LogP) is 1.30. The van der Waals surface area contributed by atoms with Gasteiger partial charge >= 0.3 is 0 Å². The highest BCUT2D eigenvalue weighted by Crippen LogP contribution is 2.21. The molecule has 0 aromatic heterocycles. The fourth-order valence-electron chi connectivity index (χ4n) is 1.96. The van der Waals surface area contributed by atoms with Crippen molar-refractivity contribution in [3.8, 4) is 0 Å². The maximum atomic E-state index is 9.08. The summed E-state index contributed by atoms with van der Waals surface area (Å²) in [5.74, 6) is 0.109. The van der Waals surface area contributed by atoms with Crippen molar-refractivity contribution < 1.29 is 10.3 Å². The van der Waals surface area contributed by atoms with E-state index in [1.807, 2.05) is 25.1 Å². The van der Waals surface area contributed by atoms with Crippen molar-refractivity contribution in [2.24, 2.45) is 10.9 Å². The third-order valence-corrected chi connectivity index (χ3v) is 2.89. The summed E-state index contributed by atoms with van der Waals surface area (Å²) in [6, 6.07) is 6.01. The van der Waals surface area contributed by atoms with Crippen LogP contribution in [0.4, 0.5) is 5.69 Å². The van der Waals surface area contributed by atoms with E-state index in [1.165, 1.54) is 0 Å². The number of aliphatic hydroxyl groups excluding tert-OH is 1. The van der Waals surface area contributed by atoms with Gasteiger partial charge in [-0.3, -0.25) is 0 Å². The molecule has 0 saturated heterocycles. The van der Waals surface area contributed by atoms with Crippen LogP contribution in [0.15, 0.2) is 23.4 Å². The van der Waals surface area contributed by atoms with Gasteiger partial charge in [0.15, 0.2) is 5.84 Å². The SMILES string of the molecule is Cc1cc(N(CCO)C(C)C)ccc1/C(N)=N/O. The molecule has 0 unspecified atom stereocenters. The smallest absolute Gasteiger partial charge is 0.170 e. The molecule has 5 nitrogen and oxygen atoms in total. The van der Waals surface area contributed by atoms with Gasteiger partial charge in [-0.1, -0.05) is 5.16 Å². The average molecular weight is 251 g/mol. The zero-order valence-corrected chi connectivity index (χ0v) is 11.1. The summed E-state index contributed by atoms with van der Waals surface area (Å²) in [5, 5.41) is 20.8. The van der Waals surface area contributed by atoms with Crippen molar-refractivity contribution in [2.45, 2.75) is 26.8 Å². The van der Waals surface area contributed by atoms with Crippen molar-refractivity contribution >= 4 is 11.5 Å². The summed E-state index contributed by atoms with van der Waals surface area (Å²) in [6.07, 6.45) is 0. The van der Waals surface area contributed by atoms with Gasteiger partial charge in [0.05, 0.1) is 6.61 Å². The number of amidine groups is 1. The van der Waals surface area contributed by atoms with E-state index in [0.717, 1.165) is 11.3 Å². The minimum Gasteiger partial charge on any atom is -0.409 e. The largest absolute Gasteiger partial charge is 0.409 e. The van der Waals surface area contributed by atoms with Crippen LogP contribution in [-0.4, -0.2) is 35.3 Å². The van der Waals surface area contributed by atoms with Crippen molar-refractivity contribution in [3.05, 3.63) is 29.3 Å². The molecule has 0 aliphatic heterocycles. The van der Waals surface area contributed by atoms with E-state index in [1.54, 1.807) is 0 Å². The Labute approximate surface area is 108 Å². The van der Waals surface area contributed by atoms with Crippen LogP contribution in [-0.2, 0) is 0 Å². The first-order valence-corrected chi connectivity index (χ1v) is 5.97. The van der Waals surface area contributed by atoms with Crippen LogP contribution in [0.1, 0.15) is 25.0 Å². The lowest BCUT2D eigenvalue weighted by Gasteiger charge is -2.28. The zero-order valence-electron chi connectivity index (χ0n) is 11.1. The third kappa shape index (κ3) is 3.13. The Balaban J connectivity index is 3.09. The molecular weight excluding hydrogens is 230 g/mol. The first-order valence-electron chi connectivity index (χ1n) is 5.97. The average Bonchev–Trinajstić information content (AvgIpc) is 2.34. The second-order valence-corrected chi connectivity index (χ2v) is 4.50. The summed E-state index contributed by atoms with van der Waals surface area (Å²) in [7, 11) is 0. The maximum absolute atomic E-state index is 9.08. The zero-order chi connectivity index (χ0) is 13.7. The molecule has 0 aliphatic rings. The summed E-state index contributed by atoms with van der Waals surface area (Å²) in [4.78, 5) is 2.10. The van der Waals surface area contributed by atoms with Gasteiger partial charge in [0, 0.05) is 23.8 Å². The lowest BCUT2D eigenvalue weighted by Crippen LogP contribution is -2.33. The van der Waals surface area contributed by atoms with E-state index in [2.05, 4.69) is 23.9 Å². The number of nitrogens with zero attached hydrogens (tertiary/aromatic N) is 2. The number of anilines is 1. The number of aliphatic hydroxyl groups is 1. The monoisotopic (exact) mass is 251 g/mol. The normalized spacial score (nSPS) is 11.9. The van der Waals surface area contributed by atoms with Crippen LogP contribution in [0.2, 0.25) is 0 Å². The van der Waals surface area contributed by atoms with Gasteiger partial charge in [0.2, 0.25) is 0 Å². The molecule has 0 aliphatic carbocycles. The Morgan fingerprint density at radius 2 is 2.11 bits per heavy atom. The number of benzene rings is 1. The quantitative estimate of drug-likeness (QED) is 0.319. The molecule has 0 bridgehead atoms. The minimum absolute atomic E-state index is 0.109. The molecule has 0 saturated carbocycles. The number of hydrogen-bond acceptors (Lipinski definition) is 4. The molecule has 0 amide bonds. The molecule has 100 valence electrons. The van der Waals surface area contributed by atoms with Gasteiger partial charge in [-0.05, 0) is 44.5 Å². The second kappa shape index (κ2) is 6.26. The van der Waals surface area contributed by atoms with Gasteiger partial charge in [0.1, 0.15) is 0 Å². The Morgan fingerprint density at radius 1 is 1.44 bits per heavy atom. The van der Waals surface area contributed by atoms with Gasteiger partial charge in [0.25, 0.3) is 0 Å². The van der Waals surface area contributed by atoms with Gasteiger partial charge in [-0.25, -0.2) is 0 Å². The molecule has 1 rings (SSSR count). The molecule has 1 aromatic carbocycles. The van der Waals surface area contributed by atoms with E-state index in [-0.39, 0.29) is 12.4 Å². The number of rotatable bonds is 5. The minimum atomic E-state index is 0.109. The maximum Gasteiger partial charge on any atom is 0.170 e. The van der Waals surface area contributed by atoms with Crippen LogP contribution >= 0.6 is 0 Å². The van der Waals surface area contributed by atoms with Gasteiger partial charge in [-0.2, -0.15) is 0 Å². The van der Waals surface area contributed by atoms with Crippen LogP contribution in [0, 0.1) is 6.92 Å². The standard InChI is InChI=1S/C13H21N3O2/c1-9(2)16(6-7-17)11-4-5-12(10(3)8-11)13(14)15-18/h4-5,8-9,17-18H,6-7H2,1-3H3,(H2,14,15). The Kier molecular flexibility index (Phi) is 4.97. The summed E-state index contributed by atoms with van der Waals surface area (Å²) < 4.78 is 0. The molecule has 0 spiro atoms. The first-order chi connectivity index (χ1) is 8.51. The highest BCUT2D eigenvalue weighted by Gasteiger charge is 2.12. The summed E-state index contributed by atoms with van der Waals surface area (Å²) in [5.41, 5.74) is 8.26. The van der Waals surface area contributed by atoms with Crippen molar-refractivity contribution in [2.75, 3.05) is 18.1 Å². The molecule has 0 radical (unpaired) electrons. The molecule has 0 heterocycles. The topological polar surface area (TPSA) is 82.1 Å².